The molecule has 0 fully saturated rings. The summed E-state index contributed by atoms with van der Waals surface area (Å²) >= 11 is 0. The molecule has 0 aliphatic carbocycles. The predicted octanol–water partition coefficient (Wildman–Crippen LogP) is 1.92. The van der Waals surface area contributed by atoms with Crippen LogP contribution in [-0.4, -0.2) is 34.2 Å². The van der Waals surface area contributed by atoms with E-state index in [1.54, 1.807) is 17.9 Å². The summed E-state index contributed by atoms with van der Waals surface area (Å²) in [6, 6.07) is 3.54. The smallest absolute Gasteiger partial charge is 0.289 e. The molecule has 21 heavy (non-hydrogen) atoms. The quantitative estimate of drug-likeness (QED) is 0.847. The Balaban J connectivity index is 1.89. The summed E-state index contributed by atoms with van der Waals surface area (Å²) in [7, 11) is 3.51. The Hall–Kier alpha value is -2.24. The second-order valence-corrected chi connectivity index (χ2v) is 5.30. The van der Waals surface area contributed by atoms with Gasteiger partial charge in [0.1, 0.15) is 5.76 Å². The average molecular weight is 289 g/mol. The van der Waals surface area contributed by atoms with E-state index in [2.05, 4.69) is 5.10 Å². The summed E-state index contributed by atoms with van der Waals surface area (Å²) in [4.78, 5) is 14.3. The Bertz CT molecular complexity index is 672. The van der Waals surface area contributed by atoms with Gasteiger partial charge in [-0.25, -0.2) is 0 Å². The van der Waals surface area contributed by atoms with Gasteiger partial charge in [-0.3, -0.25) is 9.48 Å². The number of aryl methyl sites for hydroxylation is 2. The first kappa shape index (κ1) is 13.7. The van der Waals surface area contributed by atoms with Crippen LogP contribution < -0.4 is 4.74 Å². The average Bonchev–Trinajstić information content (AvgIpc) is 2.94. The molecule has 6 nitrogen and oxygen atoms in total. The molecular weight excluding hydrogens is 270 g/mol. The van der Waals surface area contributed by atoms with Crippen molar-refractivity contribution in [3.05, 3.63) is 34.9 Å². The highest BCUT2D eigenvalue weighted by molar-refractivity contribution is 5.91. The van der Waals surface area contributed by atoms with Crippen molar-refractivity contribution in [2.24, 2.45) is 7.05 Å². The normalized spacial score (nSPS) is 14.7. The number of methoxy groups -OCH3 is 1. The monoisotopic (exact) mass is 289 g/mol. The number of carbonyl (C=O) groups is 1. The third-order valence-corrected chi connectivity index (χ3v) is 3.87. The van der Waals surface area contributed by atoms with Crippen LogP contribution in [-0.2, 0) is 20.0 Å². The number of rotatable bonds is 2. The van der Waals surface area contributed by atoms with Gasteiger partial charge in [0.25, 0.3) is 5.91 Å². The molecule has 3 heterocycles. The number of furan rings is 1. The van der Waals surface area contributed by atoms with Gasteiger partial charge >= 0.3 is 0 Å². The number of nitrogens with zero attached hydrogens (tertiary/aromatic N) is 3. The van der Waals surface area contributed by atoms with E-state index < -0.39 is 0 Å². The van der Waals surface area contributed by atoms with Gasteiger partial charge in [0, 0.05) is 19.2 Å². The molecule has 112 valence electrons. The largest absolute Gasteiger partial charge is 0.480 e. The minimum absolute atomic E-state index is 0.0730. The topological polar surface area (TPSA) is 60.5 Å². The molecule has 0 unspecified atom stereocenters. The number of carbonyl (C=O) groups excluding carboxylic acids is 1. The van der Waals surface area contributed by atoms with Gasteiger partial charge in [0.15, 0.2) is 5.76 Å². The van der Waals surface area contributed by atoms with Gasteiger partial charge in [-0.1, -0.05) is 0 Å². The Labute approximate surface area is 123 Å². The number of amides is 1. The van der Waals surface area contributed by atoms with Crippen molar-refractivity contribution in [1.29, 1.82) is 0 Å². The van der Waals surface area contributed by atoms with E-state index in [0.717, 1.165) is 29.9 Å². The van der Waals surface area contributed by atoms with Crippen LogP contribution in [0.1, 0.15) is 34.0 Å². The Morgan fingerprint density at radius 2 is 2.24 bits per heavy atom. The van der Waals surface area contributed by atoms with Crippen molar-refractivity contribution in [3.63, 3.8) is 0 Å². The van der Waals surface area contributed by atoms with E-state index in [-0.39, 0.29) is 5.91 Å². The molecule has 0 saturated carbocycles. The fourth-order valence-corrected chi connectivity index (χ4v) is 2.77. The molecule has 1 aliphatic heterocycles. The first-order valence-corrected chi connectivity index (χ1v) is 7.04. The fourth-order valence-electron chi connectivity index (χ4n) is 2.77. The van der Waals surface area contributed by atoms with Crippen LogP contribution in [0.5, 0.6) is 5.88 Å². The van der Waals surface area contributed by atoms with Gasteiger partial charge < -0.3 is 14.1 Å². The van der Waals surface area contributed by atoms with Gasteiger partial charge in [-0.05, 0) is 31.9 Å². The van der Waals surface area contributed by atoms with Crippen molar-refractivity contribution in [2.75, 3.05) is 13.7 Å². The van der Waals surface area contributed by atoms with Crippen LogP contribution in [0.4, 0.5) is 0 Å². The molecular formula is C15H19N3O3. The van der Waals surface area contributed by atoms with Gasteiger partial charge in [0.05, 0.1) is 19.3 Å². The van der Waals surface area contributed by atoms with Crippen molar-refractivity contribution in [2.45, 2.75) is 26.3 Å². The van der Waals surface area contributed by atoms with E-state index in [0.29, 0.717) is 24.7 Å². The zero-order chi connectivity index (χ0) is 15.0. The van der Waals surface area contributed by atoms with E-state index >= 15 is 0 Å². The molecule has 0 spiro atoms. The summed E-state index contributed by atoms with van der Waals surface area (Å²) in [6.45, 7) is 3.07. The fraction of sp³-hybridized carbons (Fsp3) is 0.467. The summed E-state index contributed by atoms with van der Waals surface area (Å²) in [5, 5.41) is 4.36. The Morgan fingerprint density at radius 1 is 1.43 bits per heavy atom. The number of aromatic nitrogens is 2. The minimum atomic E-state index is -0.0730. The third-order valence-electron chi connectivity index (χ3n) is 3.87. The van der Waals surface area contributed by atoms with Crippen molar-refractivity contribution in [3.8, 4) is 5.88 Å². The van der Waals surface area contributed by atoms with Crippen LogP contribution in [0.2, 0.25) is 0 Å². The molecule has 0 saturated heterocycles. The van der Waals surface area contributed by atoms with E-state index in [1.807, 2.05) is 24.9 Å². The second-order valence-electron chi connectivity index (χ2n) is 5.30. The zero-order valence-electron chi connectivity index (χ0n) is 12.5. The lowest BCUT2D eigenvalue weighted by Crippen LogP contribution is -2.31. The lowest BCUT2D eigenvalue weighted by molar-refractivity contribution is 0.0708. The molecule has 1 aliphatic rings. The molecule has 1 amide bonds. The van der Waals surface area contributed by atoms with Crippen molar-refractivity contribution >= 4 is 5.91 Å². The number of ether oxygens (including phenoxy) is 1. The Morgan fingerprint density at radius 3 is 2.90 bits per heavy atom. The number of hydrogen-bond donors (Lipinski definition) is 0. The molecule has 0 radical (unpaired) electrons. The molecule has 6 heteroatoms. The molecule has 3 rings (SSSR count). The Kier molecular flexibility index (Phi) is 3.45. The third kappa shape index (κ3) is 2.41. The molecule has 2 aromatic rings. The highest BCUT2D eigenvalue weighted by atomic mass is 16.5. The summed E-state index contributed by atoms with van der Waals surface area (Å²) in [5.41, 5.74) is 2.13. The maximum atomic E-state index is 12.5. The van der Waals surface area contributed by atoms with Crippen molar-refractivity contribution in [1.82, 2.24) is 14.7 Å². The van der Waals surface area contributed by atoms with Gasteiger partial charge in [0.2, 0.25) is 5.88 Å². The molecule has 0 atom stereocenters. The molecule has 2 aromatic heterocycles. The zero-order valence-corrected chi connectivity index (χ0v) is 12.5. The maximum absolute atomic E-state index is 12.5. The van der Waals surface area contributed by atoms with Crippen LogP contribution in [0.3, 0.4) is 0 Å². The first-order valence-electron chi connectivity index (χ1n) is 7.04. The van der Waals surface area contributed by atoms with Gasteiger partial charge in [-0.15, -0.1) is 5.10 Å². The highest BCUT2D eigenvalue weighted by Gasteiger charge is 2.26. The van der Waals surface area contributed by atoms with E-state index in [4.69, 9.17) is 9.15 Å². The minimum Gasteiger partial charge on any atom is -0.480 e. The summed E-state index contributed by atoms with van der Waals surface area (Å²) in [5.74, 6) is 1.73. The molecule has 0 aromatic carbocycles. The van der Waals surface area contributed by atoms with Crippen LogP contribution in [0.25, 0.3) is 0 Å². The first-order chi connectivity index (χ1) is 10.1. The molecule has 0 N–H and O–H groups in total. The summed E-state index contributed by atoms with van der Waals surface area (Å²) in [6.07, 6.45) is 1.76. The maximum Gasteiger partial charge on any atom is 0.289 e. The standard InChI is InChI=1S/C15H19N3O3/c1-10-6-7-13(21-10)15(19)18-8-4-5-11-12(9-18)17(2)16-14(11)20-3/h6-7H,4-5,8-9H2,1-3H3. The SMILES string of the molecule is COc1nn(C)c2c1CCCN(C(=O)c1ccc(C)o1)C2. The summed E-state index contributed by atoms with van der Waals surface area (Å²) < 4.78 is 12.6. The van der Waals surface area contributed by atoms with E-state index in [1.165, 1.54) is 0 Å². The van der Waals surface area contributed by atoms with Crippen LogP contribution >= 0.6 is 0 Å². The molecule has 0 bridgehead atoms. The number of fused-ring (bicyclic) bond motifs is 1. The van der Waals surface area contributed by atoms with Crippen molar-refractivity contribution < 1.29 is 13.9 Å². The lowest BCUT2D eigenvalue weighted by Gasteiger charge is -2.19. The van der Waals surface area contributed by atoms with E-state index in [9.17, 15) is 4.79 Å². The lowest BCUT2D eigenvalue weighted by atomic mass is 10.1. The number of hydrogen-bond acceptors (Lipinski definition) is 4. The van der Waals surface area contributed by atoms with Crippen LogP contribution in [0.15, 0.2) is 16.5 Å². The van der Waals surface area contributed by atoms with Gasteiger partial charge in [-0.2, -0.15) is 0 Å². The highest BCUT2D eigenvalue weighted by Crippen LogP contribution is 2.27. The van der Waals surface area contributed by atoms with Crippen LogP contribution in [0, 0.1) is 6.92 Å². The second kappa shape index (κ2) is 5.27. The predicted molar refractivity (Wildman–Crippen MR) is 76.3 cm³/mol.